The van der Waals surface area contributed by atoms with E-state index >= 15 is 0 Å². The maximum absolute atomic E-state index is 5.84. The number of nitrogens with one attached hydrogen (secondary N) is 2. The molecular formula is C21H32N2O3S. The molecule has 2 rings (SSSR count). The predicted octanol–water partition coefficient (Wildman–Crippen LogP) is 4.88. The summed E-state index contributed by atoms with van der Waals surface area (Å²) in [6.07, 6.45) is 5.63. The lowest BCUT2D eigenvalue weighted by Crippen LogP contribution is -2.29. The Morgan fingerprint density at radius 2 is 2.11 bits per heavy atom. The molecular weight excluding hydrogens is 360 g/mol. The molecule has 0 fully saturated rings. The van der Waals surface area contributed by atoms with Crippen molar-refractivity contribution in [1.29, 1.82) is 0 Å². The third kappa shape index (κ3) is 8.18. The van der Waals surface area contributed by atoms with Crippen molar-refractivity contribution in [3.8, 4) is 11.5 Å². The van der Waals surface area contributed by atoms with Crippen molar-refractivity contribution in [2.24, 2.45) is 5.92 Å². The molecule has 1 aromatic rings. The summed E-state index contributed by atoms with van der Waals surface area (Å²) >= 11 is 5.33. The molecule has 1 aromatic carbocycles. The molecule has 2 N–H and O–H groups in total. The largest absolute Gasteiger partial charge is 0.454 e. The molecule has 1 atom stereocenters. The smallest absolute Gasteiger partial charge is 0.231 e. The molecule has 0 aliphatic carbocycles. The molecule has 1 unspecified atom stereocenters. The van der Waals surface area contributed by atoms with Gasteiger partial charge in [0, 0.05) is 31.5 Å². The van der Waals surface area contributed by atoms with Crippen LogP contribution in [0.1, 0.15) is 46.0 Å². The van der Waals surface area contributed by atoms with Crippen LogP contribution in [0.5, 0.6) is 11.5 Å². The van der Waals surface area contributed by atoms with Crippen molar-refractivity contribution in [3.05, 3.63) is 30.4 Å². The summed E-state index contributed by atoms with van der Waals surface area (Å²) in [5.41, 5.74) is 2.15. The third-order valence-corrected chi connectivity index (χ3v) is 4.77. The number of rotatable bonds is 12. The number of thiocarbonyl (C=S) groups is 1. The van der Waals surface area contributed by atoms with E-state index in [2.05, 4.69) is 31.1 Å². The van der Waals surface area contributed by atoms with Crippen LogP contribution in [0.3, 0.4) is 0 Å². The van der Waals surface area contributed by atoms with Crippen LogP contribution in [0.2, 0.25) is 0 Å². The second kappa shape index (κ2) is 11.8. The van der Waals surface area contributed by atoms with E-state index in [1.165, 1.54) is 18.4 Å². The van der Waals surface area contributed by atoms with Gasteiger partial charge in [-0.05, 0) is 62.9 Å². The minimum Gasteiger partial charge on any atom is -0.454 e. The zero-order chi connectivity index (χ0) is 19.5. The fourth-order valence-electron chi connectivity index (χ4n) is 2.87. The van der Waals surface area contributed by atoms with Crippen LogP contribution in [0.4, 0.5) is 5.69 Å². The maximum Gasteiger partial charge on any atom is 0.231 e. The Kier molecular flexibility index (Phi) is 9.42. The van der Waals surface area contributed by atoms with E-state index in [1.807, 2.05) is 18.2 Å². The number of allylic oxidation sites excluding steroid dienone is 1. The molecule has 5 nitrogen and oxygen atoms in total. The highest BCUT2D eigenvalue weighted by Crippen LogP contribution is 2.34. The summed E-state index contributed by atoms with van der Waals surface area (Å²) in [5.74, 6) is 2.15. The topological polar surface area (TPSA) is 51.8 Å². The molecule has 150 valence electrons. The van der Waals surface area contributed by atoms with E-state index in [4.69, 9.17) is 26.4 Å². The highest BCUT2D eigenvalue weighted by molar-refractivity contribution is 7.80. The predicted molar refractivity (Wildman–Crippen MR) is 115 cm³/mol. The lowest BCUT2D eigenvalue weighted by molar-refractivity contribution is 0.0929. The van der Waals surface area contributed by atoms with E-state index in [0.717, 1.165) is 56.2 Å². The van der Waals surface area contributed by atoms with Gasteiger partial charge < -0.3 is 24.8 Å². The van der Waals surface area contributed by atoms with Crippen LogP contribution in [0.25, 0.3) is 0 Å². The van der Waals surface area contributed by atoms with Crippen molar-refractivity contribution in [2.75, 3.05) is 31.9 Å². The molecule has 0 spiro atoms. The van der Waals surface area contributed by atoms with Gasteiger partial charge >= 0.3 is 0 Å². The lowest BCUT2D eigenvalue weighted by Gasteiger charge is -2.15. The second-order valence-electron chi connectivity index (χ2n) is 7.00. The number of benzene rings is 1. The van der Waals surface area contributed by atoms with Gasteiger partial charge in [0.1, 0.15) is 0 Å². The summed E-state index contributed by atoms with van der Waals surface area (Å²) in [4.78, 5) is 0. The van der Waals surface area contributed by atoms with Gasteiger partial charge in [-0.1, -0.05) is 18.9 Å². The first kappa shape index (κ1) is 21.5. The molecule has 0 radical (unpaired) electrons. The van der Waals surface area contributed by atoms with Crippen molar-refractivity contribution in [1.82, 2.24) is 5.32 Å². The van der Waals surface area contributed by atoms with Crippen LogP contribution in [0.15, 0.2) is 30.4 Å². The summed E-state index contributed by atoms with van der Waals surface area (Å²) in [6.45, 7) is 10.9. The number of hydrogen-bond acceptors (Lipinski definition) is 4. The lowest BCUT2D eigenvalue weighted by atomic mass is 9.99. The first-order valence-electron chi connectivity index (χ1n) is 9.75. The van der Waals surface area contributed by atoms with Gasteiger partial charge in [-0.2, -0.15) is 0 Å². The van der Waals surface area contributed by atoms with Crippen molar-refractivity contribution in [3.63, 3.8) is 0 Å². The summed E-state index contributed by atoms with van der Waals surface area (Å²) in [6, 6.07) is 5.68. The van der Waals surface area contributed by atoms with E-state index in [0.29, 0.717) is 11.0 Å². The minimum atomic E-state index is 0.272. The molecule has 6 heteroatoms. The molecule has 1 aliphatic heterocycles. The van der Waals surface area contributed by atoms with Crippen LogP contribution in [0, 0.1) is 5.92 Å². The highest BCUT2D eigenvalue weighted by Gasteiger charge is 2.13. The Labute approximate surface area is 168 Å². The standard InChI is InChI=1S/C21H32N2O3S/c1-4-17(8-5-7-16(2)3)14-24-12-6-11-22-21(27)23-18-9-10-19-20(13-18)26-15-25-19/h9-10,13,17H,2,4-8,11-12,14-15H2,1,3H3,(H2,22,23,27). The monoisotopic (exact) mass is 392 g/mol. The quantitative estimate of drug-likeness (QED) is 0.300. The fraction of sp³-hybridized carbons (Fsp3) is 0.571. The van der Waals surface area contributed by atoms with Crippen molar-refractivity contribution < 1.29 is 14.2 Å². The zero-order valence-corrected chi connectivity index (χ0v) is 17.3. The Bertz CT molecular complexity index is 621. The highest BCUT2D eigenvalue weighted by atomic mass is 32.1. The second-order valence-corrected chi connectivity index (χ2v) is 7.41. The summed E-state index contributed by atoms with van der Waals surface area (Å²) in [5, 5.41) is 6.96. The molecule has 0 aromatic heterocycles. The molecule has 0 saturated carbocycles. The van der Waals surface area contributed by atoms with Gasteiger partial charge in [0.2, 0.25) is 6.79 Å². The average Bonchev–Trinajstić information content (AvgIpc) is 3.10. The summed E-state index contributed by atoms with van der Waals surface area (Å²) < 4.78 is 16.5. The number of anilines is 1. The van der Waals surface area contributed by atoms with E-state index in [1.54, 1.807) is 0 Å². The van der Waals surface area contributed by atoms with Crippen LogP contribution < -0.4 is 20.1 Å². The van der Waals surface area contributed by atoms with Crippen LogP contribution in [-0.4, -0.2) is 31.7 Å². The van der Waals surface area contributed by atoms with Crippen LogP contribution >= 0.6 is 12.2 Å². The SMILES string of the molecule is C=C(C)CCCC(CC)COCCCNC(=S)Nc1ccc2c(c1)OCO2. The number of ether oxygens (including phenoxy) is 3. The molecule has 0 bridgehead atoms. The Morgan fingerprint density at radius 3 is 2.89 bits per heavy atom. The van der Waals surface area contributed by atoms with Gasteiger partial charge in [-0.25, -0.2) is 0 Å². The Balaban J connectivity index is 1.53. The van der Waals surface area contributed by atoms with Crippen LogP contribution in [-0.2, 0) is 4.74 Å². The van der Waals surface area contributed by atoms with Gasteiger partial charge in [0.25, 0.3) is 0 Å². The maximum atomic E-state index is 5.84. The molecule has 27 heavy (non-hydrogen) atoms. The van der Waals surface area contributed by atoms with Crippen molar-refractivity contribution >= 4 is 23.0 Å². The fourth-order valence-corrected chi connectivity index (χ4v) is 3.09. The minimum absolute atomic E-state index is 0.272. The first-order valence-corrected chi connectivity index (χ1v) is 10.2. The molecule has 1 heterocycles. The average molecular weight is 393 g/mol. The number of hydrogen-bond donors (Lipinski definition) is 2. The Morgan fingerprint density at radius 1 is 1.30 bits per heavy atom. The molecule has 0 amide bonds. The third-order valence-electron chi connectivity index (χ3n) is 4.53. The first-order chi connectivity index (χ1) is 13.1. The van der Waals surface area contributed by atoms with E-state index < -0.39 is 0 Å². The normalized spacial score (nSPS) is 13.3. The van der Waals surface area contributed by atoms with Gasteiger partial charge in [0.15, 0.2) is 16.6 Å². The molecule has 1 aliphatic rings. The van der Waals surface area contributed by atoms with Gasteiger partial charge in [-0.3, -0.25) is 0 Å². The Hall–Kier alpha value is -1.79. The zero-order valence-electron chi connectivity index (χ0n) is 16.5. The number of fused-ring (bicyclic) bond motifs is 1. The summed E-state index contributed by atoms with van der Waals surface area (Å²) in [7, 11) is 0. The van der Waals surface area contributed by atoms with E-state index in [9.17, 15) is 0 Å². The van der Waals surface area contributed by atoms with Crippen molar-refractivity contribution in [2.45, 2.75) is 46.0 Å². The van der Waals surface area contributed by atoms with Gasteiger partial charge in [0.05, 0.1) is 0 Å². The van der Waals surface area contributed by atoms with E-state index in [-0.39, 0.29) is 6.79 Å². The van der Waals surface area contributed by atoms with Gasteiger partial charge in [-0.15, -0.1) is 6.58 Å². The molecule has 0 saturated heterocycles.